The summed E-state index contributed by atoms with van der Waals surface area (Å²) in [5.74, 6) is -0.348. The molecule has 0 unspecified atom stereocenters. The minimum absolute atomic E-state index is 0.0804. The normalized spacial score (nSPS) is 10.7. The molecule has 1 N–H and O–H groups in total. The zero-order valence-corrected chi connectivity index (χ0v) is 13.1. The predicted octanol–water partition coefficient (Wildman–Crippen LogP) is 1.24. The van der Waals surface area contributed by atoms with Crippen LogP contribution >= 0.6 is 0 Å². The van der Waals surface area contributed by atoms with Crippen LogP contribution in [0, 0.1) is 5.92 Å². The van der Waals surface area contributed by atoms with E-state index in [0.717, 1.165) is 0 Å². The second kappa shape index (κ2) is 7.48. The Bertz CT molecular complexity index is 652. The molecule has 0 spiro atoms. The lowest BCUT2D eigenvalue weighted by molar-refractivity contribution is -0.137. The van der Waals surface area contributed by atoms with Gasteiger partial charge in [-0.05, 0) is 18.1 Å². The van der Waals surface area contributed by atoms with Crippen molar-refractivity contribution in [2.45, 2.75) is 20.3 Å². The predicted molar refractivity (Wildman–Crippen MR) is 82.1 cm³/mol. The smallest absolute Gasteiger partial charge is 0.305 e. The van der Waals surface area contributed by atoms with Gasteiger partial charge in [0.1, 0.15) is 12.7 Å². The summed E-state index contributed by atoms with van der Waals surface area (Å²) >= 11 is 0. The summed E-state index contributed by atoms with van der Waals surface area (Å²) in [4.78, 5) is 32.9. The first-order valence-corrected chi connectivity index (χ1v) is 7.29. The fraction of sp³-hybridized carbons (Fsp3) is 0.400. The molecule has 0 radical (unpaired) electrons. The fourth-order valence-electron chi connectivity index (χ4n) is 2.10. The van der Waals surface area contributed by atoms with E-state index in [1.807, 2.05) is 13.8 Å². The van der Waals surface area contributed by atoms with Crippen molar-refractivity contribution in [2.75, 3.05) is 13.1 Å². The van der Waals surface area contributed by atoms with Crippen LogP contribution in [0.3, 0.4) is 0 Å². The van der Waals surface area contributed by atoms with E-state index in [0.29, 0.717) is 17.9 Å². The van der Waals surface area contributed by atoms with E-state index in [1.165, 1.54) is 23.5 Å². The molecule has 0 saturated carbocycles. The average Bonchev–Trinajstić information content (AvgIpc) is 3.05. The number of carboxylic acids is 1. The van der Waals surface area contributed by atoms with Gasteiger partial charge in [-0.15, -0.1) is 0 Å². The first kappa shape index (κ1) is 16.6. The maximum Gasteiger partial charge on any atom is 0.305 e. The molecular weight excluding hydrogens is 298 g/mol. The molecule has 8 nitrogen and oxygen atoms in total. The number of aromatic nitrogens is 4. The van der Waals surface area contributed by atoms with Crippen LogP contribution in [0.25, 0.3) is 5.82 Å². The lowest BCUT2D eigenvalue weighted by atomic mass is 10.1. The Balaban J connectivity index is 2.13. The molecule has 2 aromatic heterocycles. The van der Waals surface area contributed by atoms with Crippen LogP contribution in [0.1, 0.15) is 30.6 Å². The number of pyridine rings is 1. The van der Waals surface area contributed by atoms with Crippen LogP contribution in [-0.2, 0) is 4.79 Å². The highest BCUT2D eigenvalue weighted by Gasteiger charge is 2.18. The number of aliphatic carboxylic acids is 1. The second-order valence-corrected chi connectivity index (χ2v) is 5.53. The minimum Gasteiger partial charge on any atom is -0.481 e. The van der Waals surface area contributed by atoms with Crippen molar-refractivity contribution >= 4 is 11.9 Å². The van der Waals surface area contributed by atoms with E-state index in [1.54, 1.807) is 17.0 Å². The number of carboxylic acid groups (broad SMARTS) is 1. The van der Waals surface area contributed by atoms with Crippen molar-refractivity contribution in [3.63, 3.8) is 0 Å². The highest BCUT2D eigenvalue weighted by Crippen LogP contribution is 2.10. The SMILES string of the molecule is CC(C)CN(CCC(=O)O)C(=O)c1ccc(-n2cncn2)nc1. The van der Waals surface area contributed by atoms with Crippen LogP contribution in [0.15, 0.2) is 31.0 Å². The summed E-state index contributed by atoms with van der Waals surface area (Å²) in [5, 5.41) is 12.8. The summed E-state index contributed by atoms with van der Waals surface area (Å²) in [6.07, 6.45) is 4.30. The molecule has 2 rings (SSSR count). The largest absolute Gasteiger partial charge is 0.481 e. The Hall–Kier alpha value is -2.77. The zero-order chi connectivity index (χ0) is 16.8. The van der Waals surface area contributed by atoms with Gasteiger partial charge in [-0.3, -0.25) is 9.59 Å². The number of amides is 1. The molecule has 2 heterocycles. The Morgan fingerprint density at radius 3 is 2.65 bits per heavy atom. The lowest BCUT2D eigenvalue weighted by Crippen LogP contribution is -2.36. The highest BCUT2D eigenvalue weighted by molar-refractivity contribution is 5.94. The van der Waals surface area contributed by atoms with Crippen LogP contribution in [0.4, 0.5) is 0 Å². The maximum atomic E-state index is 12.5. The standard InChI is InChI=1S/C15H19N5O3/c1-11(2)8-19(6-5-14(21)22)15(23)12-3-4-13(17-7-12)20-10-16-9-18-20/h3-4,7,9-11H,5-6,8H2,1-2H3,(H,21,22). The number of carbonyl (C=O) groups excluding carboxylic acids is 1. The average molecular weight is 317 g/mol. The Kier molecular flexibility index (Phi) is 5.40. The fourth-order valence-corrected chi connectivity index (χ4v) is 2.10. The van der Waals surface area contributed by atoms with Gasteiger partial charge in [0.05, 0.1) is 12.0 Å². The molecule has 0 bridgehead atoms. The summed E-state index contributed by atoms with van der Waals surface area (Å²) in [7, 11) is 0. The van der Waals surface area contributed by atoms with Crippen molar-refractivity contribution in [1.29, 1.82) is 0 Å². The molecule has 0 saturated heterocycles. The Labute approximate surface area is 133 Å². The second-order valence-electron chi connectivity index (χ2n) is 5.53. The lowest BCUT2D eigenvalue weighted by Gasteiger charge is -2.24. The maximum absolute atomic E-state index is 12.5. The highest BCUT2D eigenvalue weighted by atomic mass is 16.4. The van der Waals surface area contributed by atoms with Gasteiger partial charge in [-0.1, -0.05) is 13.8 Å². The van der Waals surface area contributed by atoms with Gasteiger partial charge in [-0.2, -0.15) is 5.10 Å². The summed E-state index contributed by atoms with van der Waals surface area (Å²) in [6, 6.07) is 3.33. The number of hydrogen-bond donors (Lipinski definition) is 1. The number of hydrogen-bond acceptors (Lipinski definition) is 5. The van der Waals surface area contributed by atoms with E-state index in [4.69, 9.17) is 5.11 Å². The third-order valence-electron chi connectivity index (χ3n) is 3.12. The van der Waals surface area contributed by atoms with Gasteiger partial charge in [0, 0.05) is 19.3 Å². The molecule has 122 valence electrons. The van der Waals surface area contributed by atoms with Crippen molar-refractivity contribution in [3.8, 4) is 5.82 Å². The van der Waals surface area contributed by atoms with E-state index >= 15 is 0 Å². The van der Waals surface area contributed by atoms with Gasteiger partial charge in [0.25, 0.3) is 5.91 Å². The molecular formula is C15H19N5O3. The number of carbonyl (C=O) groups is 2. The van der Waals surface area contributed by atoms with Gasteiger partial charge >= 0.3 is 5.97 Å². The number of nitrogens with zero attached hydrogens (tertiary/aromatic N) is 5. The van der Waals surface area contributed by atoms with Crippen LogP contribution < -0.4 is 0 Å². The molecule has 0 aliphatic carbocycles. The van der Waals surface area contributed by atoms with Crippen LogP contribution in [0.2, 0.25) is 0 Å². The third kappa shape index (κ3) is 4.60. The minimum atomic E-state index is -0.925. The third-order valence-corrected chi connectivity index (χ3v) is 3.12. The van der Waals surface area contributed by atoms with Gasteiger partial charge in [0.2, 0.25) is 0 Å². The van der Waals surface area contributed by atoms with E-state index in [2.05, 4.69) is 15.1 Å². The first-order chi connectivity index (χ1) is 11.0. The Morgan fingerprint density at radius 1 is 1.35 bits per heavy atom. The quantitative estimate of drug-likeness (QED) is 0.824. The van der Waals surface area contributed by atoms with E-state index in [9.17, 15) is 9.59 Å². The topological polar surface area (TPSA) is 101 Å². The summed E-state index contributed by atoms with van der Waals surface area (Å²) < 4.78 is 1.49. The molecule has 8 heteroatoms. The van der Waals surface area contributed by atoms with Crippen molar-refractivity contribution in [2.24, 2.45) is 5.92 Å². The molecule has 0 atom stereocenters. The Morgan fingerprint density at radius 2 is 2.13 bits per heavy atom. The van der Waals surface area contributed by atoms with Crippen molar-refractivity contribution in [1.82, 2.24) is 24.6 Å². The van der Waals surface area contributed by atoms with E-state index < -0.39 is 5.97 Å². The van der Waals surface area contributed by atoms with Gasteiger partial charge in [-0.25, -0.2) is 14.6 Å². The summed E-state index contributed by atoms with van der Waals surface area (Å²) in [6.45, 7) is 4.63. The first-order valence-electron chi connectivity index (χ1n) is 7.29. The molecule has 0 aromatic carbocycles. The molecule has 0 fully saturated rings. The zero-order valence-electron chi connectivity index (χ0n) is 13.1. The molecule has 1 amide bonds. The molecule has 23 heavy (non-hydrogen) atoms. The van der Waals surface area contributed by atoms with Gasteiger partial charge < -0.3 is 10.0 Å². The number of rotatable bonds is 7. The van der Waals surface area contributed by atoms with E-state index in [-0.39, 0.29) is 24.8 Å². The van der Waals surface area contributed by atoms with Crippen LogP contribution in [0.5, 0.6) is 0 Å². The molecule has 2 aromatic rings. The van der Waals surface area contributed by atoms with Crippen molar-refractivity contribution in [3.05, 3.63) is 36.5 Å². The van der Waals surface area contributed by atoms with Crippen LogP contribution in [-0.4, -0.2) is 54.7 Å². The molecule has 0 aliphatic rings. The van der Waals surface area contributed by atoms with Crippen molar-refractivity contribution < 1.29 is 14.7 Å². The molecule has 0 aliphatic heterocycles. The van der Waals surface area contributed by atoms with Gasteiger partial charge in [0.15, 0.2) is 5.82 Å². The summed E-state index contributed by atoms with van der Waals surface area (Å²) in [5.41, 5.74) is 0.417. The monoisotopic (exact) mass is 317 g/mol.